The molecule has 0 saturated carbocycles. The number of benzene rings is 2. The molecule has 0 amide bonds. The normalized spacial score (nSPS) is 11.1. The summed E-state index contributed by atoms with van der Waals surface area (Å²) in [5, 5.41) is 35.1. The van der Waals surface area contributed by atoms with Gasteiger partial charge in [0.2, 0.25) is 0 Å². The van der Waals surface area contributed by atoms with Gasteiger partial charge in [-0.3, -0.25) is 30.3 Å². The monoisotopic (exact) mass is 450 g/mol. The standard InChI is InChI=1S/C13H6BrF3N4O6/c14-6-1-2-9(10(3-6)20(24)25)18-12-8(13(15,16)17)4-7(19(22)23)5-11(12)21(26)27/h1-5,18H. The van der Waals surface area contributed by atoms with E-state index in [4.69, 9.17) is 0 Å². The number of rotatable bonds is 5. The van der Waals surface area contributed by atoms with Crippen LogP contribution in [-0.2, 0) is 6.18 Å². The Hall–Kier alpha value is -3.29. The number of hydrogen-bond acceptors (Lipinski definition) is 7. The predicted octanol–water partition coefficient (Wildman–Crippen LogP) is 4.94. The van der Waals surface area contributed by atoms with E-state index < -0.39 is 54.9 Å². The molecule has 142 valence electrons. The quantitative estimate of drug-likeness (QED) is 0.502. The Morgan fingerprint density at radius 3 is 1.96 bits per heavy atom. The van der Waals surface area contributed by atoms with E-state index in [1.807, 2.05) is 5.32 Å². The van der Waals surface area contributed by atoms with Crippen LogP contribution in [0, 0.1) is 30.3 Å². The van der Waals surface area contributed by atoms with Crippen molar-refractivity contribution in [2.24, 2.45) is 0 Å². The first kappa shape index (κ1) is 20.0. The minimum atomic E-state index is -5.21. The van der Waals surface area contributed by atoms with Gasteiger partial charge in [0.25, 0.3) is 17.1 Å². The number of nitrogens with zero attached hydrogens (tertiary/aromatic N) is 3. The highest BCUT2D eigenvalue weighted by Gasteiger charge is 2.40. The van der Waals surface area contributed by atoms with Crippen LogP contribution in [0.25, 0.3) is 0 Å². The highest BCUT2D eigenvalue weighted by atomic mass is 79.9. The maximum absolute atomic E-state index is 13.3. The molecule has 27 heavy (non-hydrogen) atoms. The van der Waals surface area contributed by atoms with Crippen LogP contribution >= 0.6 is 15.9 Å². The van der Waals surface area contributed by atoms with Gasteiger partial charge in [-0.05, 0) is 12.1 Å². The van der Waals surface area contributed by atoms with Crippen LogP contribution in [0.5, 0.6) is 0 Å². The van der Waals surface area contributed by atoms with Crippen molar-refractivity contribution in [2.45, 2.75) is 6.18 Å². The van der Waals surface area contributed by atoms with Gasteiger partial charge in [0.1, 0.15) is 11.4 Å². The Labute approximate surface area is 155 Å². The molecule has 2 aromatic carbocycles. The maximum Gasteiger partial charge on any atom is 0.418 e. The van der Waals surface area contributed by atoms with E-state index in [2.05, 4.69) is 15.9 Å². The minimum Gasteiger partial charge on any atom is -0.344 e. The van der Waals surface area contributed by atoms with E-state index in [-0.39, 0.29) is 10.5 Å². The predicted molar refractivity (Wildman–Crippen MR) is 88.8 cm³/mol. The van der Waals surface area contributed by atoms with Crippen molar-refractivity contribution in [2.75, 3.05) is 5.32 Å². The molecule has 0 heterocycles. The summed E-state index contributed by atoms with van der Waals surface area (Å²) in [6.45, 7) is 0. The summed E-state index contributed by atoms with van der Waals surface area (Å²) in [4.78, 5) is 29.7. The van der Waals surface area contributed by atoms with Crippen LogP contribution in [0.4, 0.5) is 41.6 Å². The molecular formula is C13H6BrF3N4O6. The van der Waals surface area contributed by atoms with Crippen LogP contribution in [0.2, 0.25) is 0 Å². The van der Waals surface area contributed by atoms with Crippen molar-refractivity contribution in [3.8, 4) is 0 Å². The first-order valence-electron chi connectivity index (χ1n) is 6.66. The lowest BCUT2D eigenvalue weighted by atomic mass is 10.1. The number of non-ortho nitro benzene ring substituents is 1. The lowest BCUT2D eigenvalue weighted by molar-refractivity contribution is -0.394. The van der Waals surface area contributed by atoms with E-state index in [9.17, 15) is 43.5 Å². The van der Waals surface area contributed by atoms with E-state index in [1.165, 1.54) is 6.07 Å². The maximum atomic E-state index is 13.3. The van der Waals surface area contributed by atoms with Gasteiger partial charge in [-0.1, -0.05) is 15.9 Å². The highest BCUT2D eigenvalue weighted by Crippen LogP contribution is 2.44. The van der Waals surface area contributed by atoms with Crippen molar-refractivity contribution in [1.29, 1.82) is 0 Å². The molecule has 0 unspecified atom stereocenters. The Morgan fingerprint density at radius 2 is 1.48 bits per heavy atom. The largest absolute Gasteiger partial charge is 0.418 e. The molecule has 0 aliphatic carbocycles. The first-order chi connectivity index (χ1) is 12.4. The lowest BCUT2D eigenvalue weighted by Crippen LogP contribution is -2.12. The summed E-state index contributed by atoms with van der Waals surface area (Å²) in [6.07, 6.45) is -5.21. The third-order valence-corrected chi connectivity index (χ3v) is 3.72. The molecule has 2 rings (SSSR count). The molecule has 0 atom stereocenters. The molecule has 0 aliphatic rings. The topological polar surface area (TPSA) is 141 Å². The molecule has 0 aromatic heterocycles. The van der Waals surface area contributed by atoms with Crippen LogP contribution in [0.1, 0.15) is 5.56 Å². The van der Waals surface area contributed by atoms with Gasteiger partial charge in [-0.15, -0.1) is 0 Å². The molecule has 14 heteroatoms. The Morgan fingerprint density at radius 1 is 0.889 bits per heavy atom. The molecule has 1 N–H and O–H groups in total. The SMILES string of the molecule is O=[N+]([O-])c1cc([N+](=O)[O-])c(Nc2ccc(Br)cc2[N+](=O)[O-])c(C(F)(F)F)c1. The van der Waals surface area contributed by atoms with E-state index in [0.717, 1.165) is 12.1 Å². The number of anilines is 2. The van der Waals surface area contributed by atoms with Crippen molar-refractivity contribution >= 4 is 44.4 Å². The van der Waals surface area contributed by atoms with Crippen LogP contribution < -0.4 is 5.32 Å². The van der Waals surface area contributed by atoms with Gasteiger partial charge in [-0.25, -0.2) is 0 Å². The molecule has 0 aliphatic heterocycles. The number of nitro benzene ring substituents is 3. The Kier molecular flexibility index (Phi) is 5.30. The molecule has 0 radical (unpaired) electrons. The zero-order valence-corrected chi connectivity index (χ0v) is 14.3. The molecule has 0 saturated heterocycles. The third-order valence-electron chi connectivity index (χ3n) is 3.23. The molecule has 10 nitrogen and oxygen atoms in total. The van der Waals surface area contributed by atoms with Crippen molar-refractivity contribution < 1.29 is 27.9 Å². The first-order valence-corrected chi connectivity index (χ1v) is 7.46. The zero-order chi connectivity index (χ0) is 20.5. The second-order valence-corrected chi connectivity index (χ2v) is 5.86. The Bertz CT molecular complexity index is 966. The fourth-order valence-corrected chi connectivity index (χ4v) is 2.46. The van der Waals surface area contributed by atoms with Gasteiger partial charge in [0, 0.05) is 16.6 Å². The number of nitro groups is 3. The summed E-state index contributed by atoms with van der Waals surface area (Å²) in [5.41, 5.74) is -6.39. The Balaban J connectivity index is 2.78. The summed E-state index contributed by atoms with van der Waals surface area (Å²) >= 11 is 2.96. The summed E-state index contributed by atoms with van der Waals surface area (Å²) in [5.74, 6) is 0. The second-order valence-electron chi connectivity index (χ2n) is 4.94. The van der Waals surface area contributed by atoms with Crippen LogP contribution in [0.3, 0.4) is 0 Å². The summed E-state index contributed by atoms with van der Waals surface area (Å²) in [6, 6.07) is 3.72. The fourth-order valence-electron chi connectivity index (χ4n) is 2.11. The number of alkyl halides is 3. The lowest BCUT2D eigenvalue weighted by Gasteiger charge is -2.15. The number of halogens is 4. The zero-order valence-electron chi connectivity index (χ0n) is 12.7. The van der Waals surface area contributed by atoms with Gasteiger partial charge < -0.3 is 5.32 Å². The van der Waals surface area contributed by atoms with Gasteiger partial charge in [0.15, 0.2) is 0 Å². The van der Waals surface area contributed by atoms with E-state index in [1.54, 1.807) is 0 Å². The van der Waals surface area contributed by atoms with Crippen LogP contribution in [0.15, 0.2) is 34.8 Å². The van der Waals surface area contributed by atoms with E-state index >= 15 is 0 Å². The molecule has 0 spiro atoms. The smallest absolute Gasteiger partial charge is 0.344 e. The average Bonchev–Trinajstić information content (AvgIpc) is 2.54. The van der Waals surface area contributed by atoms with Gasteiger partial charge in [0.05, 0.1) is 26.4 Å². The minimum absolute atomic E-state index is 0.111. The second kappa shape index (κ2) is 7.14. The number of nitrogens with one attached hydrogen (secondary N) is 1. The third kappa shape index (κ3) is 4.28. The van der Waals surface area contributed by atoms with Crippen molar-refractivity contribution in [1.82, 2.24) is 0 Å². The summed E-state index contributed by atoms with van der Waals surface area (Å²) < 4.78 is 40.2. The van der Waals surface area contributed by atoms with Gasteiger partial charge >= 0.3 is 6.18 Å². The number of hydrogen-bond donors (Lipinski definition) is 1. The van der Waals surface area contributed by atoms with Crippen molar-refractivity contribution in [3.63, 3.8) is 0 Å². The van der Waals surface area contributed by atoms with Gasteiger partial charge in [-0.2, -0.15) is 13.2 Å². The van der Waals surface area contributed by atoms with Crippen molar-refractivity contribution in [3.05, 3.63) is 70.7 Å². The summed E-state index contributed by atoms with van der Waals surface area (Å²) in [7, 11) is 0. The molecule has 2 aromatic rings. The molecular weight excluding hydrogens is 445 g/mol. The average molecular weight is 451 g/mol. The van der Waals surface area contributed by atoms with E-state index in [0.29, 0.717) is 6.07 Å². The van der Waals surface area contributed by atoms with Crippen LogP contribution in [-0.4, -0.2) is 14.8 Å². The molecule has 0 fully saturated rings. The fraction of sp³-hybridized carbons (Fsp3) is 0.0769. The highest BCUT2D eigenvalue weighted by molar-refractivity contribution is 9.10. The molecule has 0 bridgehead atoms.